The molecule has 0 saturated carbocycles. The summed E-state index contributed by atoms with van der Waals surface area (Å²) in [6.45, 7) is 11.2. The highest BCUT2D eigenvalue weighted by molar-refractivity contribution is 5.63. The Morgan fingerprint density at radius 2 is 1.81 bits per heavy atom. The molecule has 0 fully saturated rings. The second kappa shape index (κ2) is 5.89. The van der Waals surface area contributed by atoms with Crippen LogP contribution in [0.1, 0.15) is 52.0 Å². The van der Waals surface area contributed by atoms with Crippen molar-refractivity contribution < 1.29 is 0 Å². The first-order valence-corrected chi connectivity index (χ1v) is 6.28. The maximum absolute atomic E-state index is 4.22. The topological polar surface area (TPSA) is 0 Å². The van der Waals surface area contributed by atoms with Gasteiger partial charge in [-0.3, -0.25) is 0 Å². The highest BCUT2D eigenvalue weighted by Crippen LogP contribution is 2.33. The third kappa shape index (κ3) is 4.22. The Morgan fingerprint density at radius 1 is 1.19 bits per heavy atom. The lowest BCUT2D eigenvalue weighted by molar-refractivity contribution is 0.333. The Hall–Kier alpha value is -1.04. The lowest BCUT2D eigenvalue weighted by Crippen LogP contribution is -2.11. The van der Waals surface area contributed by atoms with Crippen LogP contribution in [0.3, 0.4) is 0 Å². The Bertz CT molecular complexity index is 319. The van der Waals surface area contributed by atoms with E-state index < -0.39 is 0 Å². The minimum Gasteiger partial charge on any atom is -0.0952 e. The molecular formula is C16H24. The lowest BCUT2D eigenvalue weighted by atomic mass is 9.80. The highest BCUT2D eigenvalue weighted by Gasteiger charge is 2.18. The first kappa shape index (κ1) is 13.0. The molecule has 0 aliphatic rings. The van der Waals surface area contributed by atoms with Crippen LogP contribution in [0.25, 0.3) is 5.57 Å². The van der Waals surface area contributed by atoms with Crippen molar-refractivity contribution >= 4 is 5.57 Å². The third-order valence-electron chi connectivity index (χ3n) is 3.08. The summed E-state index contributed by atoms with van der Waals surface area (Å²) >= 11 is 0. The van der Waals surface area contributed by atoms with E-state index in [0.29, 0.717) is 5.41 Å². The number of unbranched alkanes of at least 4 members (excludes halogenated alkanes) is 1. The van der Waals surface area contributed by atoms with E-state index in [1.165, 1.54) is 30.4 Å². The fraction of sp³-hybridized carbons (Fsp3) is 0.500. The normalized spacial score (nSPS) is 11.4. The Balaban J connectivity index is 2.57. The van der Waals surface area contributed by atoms with Gasteiger partial charge >= 0.3 is 0 Å². The van der Waals surface area contributed by atoms with Gasteiger partial charge in [0.15, 0.2) is 0 Å². The summed E-state index contributed by atoms with van der Waals surface area (Å²) in [6.07, 6.45) is 4.97. The predicted molar refractivity (Wildman–Crippen MR) is 73.4 cm³/mol. The molecule has 0 bridgehead atoms. The van der Waals surface area contributed by atoms with E-state index in [0.717, 1.165) is 6.42 Å². The summed E-state index contributed by atoms with van der Waals surface area (Å²) in [7, 11) is 0. The zero-order valence-electron chi connectivity index (χ0n) is 10.9. The molecule has 0 aliphatic carbocycles. The van der Waals surface area contributed by atoms with Crippen LogP contribution in [-0.4, -0.2) is 0 Å². The average molecular weight is 216 g/mol. The van der Waals surface area contributed by atoms with E-state index in [1.807, 2.05) is 0 Å². The van der Waals surface area contributed by atoms with Crippen LogP contribution >= 0.6 is 0 Å². The van der Waals surface area contributed by atoms with Gasteiger partial charge in [0.2, 0.25) is 0 Å². The van der Waals surface area contributed by atoms with Crippen LogP contribution in [0.5, 0.6) is 0 Å². The van der Waals surface area contributed by atoms with Crippen molar-refractivity contribution in [3.05, 3.63) is 42.5 Å². The van der Waals surface area contributed by atoms with Crippen LogP contribution in [0.15, 0.2) is 36.9 Å². The second-order valence-electron chi connectivity index (χ2n) is 5.41. The molecule has 88 valence electrons. The molecule has 16 heavy (non-hydrogen) atoms. The molecule has 0 nitrogen and oxygen atoms in total. The Morgan fingerprint density at radius 3 is 2.38 bits per heavy atom. The fourth-order valence-corrected chi connectivity index (χ4v) is 2.10. The van der Waals surface area contributed by atoms with Crippen LogP contribution in [0.2, 0.25) is 0 Å². The van der Waals surface area contributed by atoms with Gasteiger partial charge in [-0.05, 0) is 29.4 Å². The highest BCUT2D eigenvalue weighted by atomic mass is 14.2. The SMILES string of the molecule is C=C(CC(C)(C)CCCC)c1ccccc1. The largest absolute Gasteiger partial charge is 0.0952 e. The molecule has 0 radical (unpaired) electrons. The minimum atomic E-state index is 0.378. The molecule has 0 atom stereocenters. The Kier molecular flexibility index (Phi) is 4.79. The molecule has 1 aromatic carbocycles. The molecule has 0 heterocycles. The molecule has 0 aliphatic heterocycles. The second-order valence-corrected chi connectivity index (χ2v) is 5.41. The molecule has 0 saturated heterocycles. The van der Waals surface area contributed by atoms with Crippen LogP contribution in [0, 0.1) is 5.41 Å². The van der Waals surface area contributed by atoms with Crippen molar-refractivity contribution in [3.8, 4) is 0 Å². The monoisotopic (exact) mass is 216 g/mol. The third-order valence-corrected chi connectivity index (χ3v) is 3.08. The summed E-state index contributed by atoms with van der Waals surface area (Å²) in [5.74, 6) is 0. The summed E-state index contributed by atoms with van der Waals surface area (Å²) < 4.78 is 0. The quantitative estimate of drug-likeness (QED) is 0.604. The number of allylic oxidation sites excluding steroid dienone is 1. The van der Waals surface area contributed by atoms with Crippen molar-refractivity contribution in [2.24, 2.45) is 5.41 Å². The smallest absolute Gasteiger partial charge is 0.0227 e. The van der Waals surface area contributed by atoms with Crippen molar-refractivity contribution in [2.75, 3.05) is 0 Å². The van der Waals surface area contributed by atoms with Gasteiger partial charge < -0.3 is 0 Å². The summed E-state index contributed by atoms with van der Waals surface area (Å²) in [5.41, 5.74) is 2.93. The van der Waals surface area contributed by atoms with E-state index in [4.69, 9.17) is 0 Å². The number of hydrogen-bond acceptors (Lipinski definition) is 0. The average Bonchev–Trinajstić information content (AvgIpc) is 2.27. The van der Waals surface area contributed by atoms with E-state index in [2.05, 4.69) is 57.7 Å². The maximum atomic E-state index is 4.22. The van der Waals surface area contributed by atoms with Crippen LogP contribution in [0.4, 0.5) is 0 Å². The predicted octanol–water partition coefficient (Wildman–Crippen LogP) is 5.31. The van der Waals surface area contributed by atoms with Gasteiger partial charge in [-0.25, -0.2) is 0 Å². The van der Waals surface area contributed by atoms with Gasteiger partial charge in [0.25, 0.3) is 0 Å². The molecule has 1 rings (SSSR count). The van der Waals surface area contributed by atoms with Gasteiger partial charge in [-0.1, -0.05) is 70.5 Å². The van der Waals surface area contributed by atoms with Gasteiger partial charge in [0.1, 0.15) is 0 Å². The molecule has 0 amide bonds. The maximum Gasteiger partial charge on any atom is -0.0227 e. The van der Waals surface area contributed by atoms with E-state index in [9.17, 15) is 0 Å². The van der Waals surface area contributed by atoms with E-state index in [1.54, 1.807) is 0 Å². The Labute approximate surface area is 100 Å². The number of benzene rings is 1. The zero-order chi connectivity index (χ0) is 12.0. The molecule has 1 aromatic rings. The molecule has 0 unspecified atom stereocenters. The first-order valence-electron chi connectivity index (χ1n) is 6.28. The van der Waals surface area contributed by atoms with Gasteiger partial charge in [0.05, 0.1) is 0 Å². The molecular weight excluding hydrogens is 192 g/mol. The molecule has 0 N–H and O–H groups in total. The molecule has 0 heteroatoms. The summed E-state index contributed by atoms with van der Waals surface area (Å²) in [5, 5.41) is 0. The minimum absolute atomic E-state index is 0.378. The van der Waals surface area contributed by atoms with Gasteiger partial charge in [0, 0.05) is 0 Å². The first-order chi connectivity index (χ1) is 7.55. The summed E-state index contributed by atoms with van der Waals surface area (Å²) in [4.78, 5) is 0. The van der Waals surface area contributed by atoms with Crippen molar-refractivity contribution in [1.82, 2.24) is 0 Å². The van der Waals surface area contributed by atoms with Crippen molar-refractivity contribution in [1.29, 1.82) is 0 Å². The van der Waals surface area contributed by atoms with Gasteiger partial charge in [-0.15, -0.1) is 0 Å². The molecule has 0 spiro atoms. The van der Waals surface area contributed by atoms with E-state index in [-0.39, 0.29) is 0 Å². The van der Waals surface area contributed by atoms with E-state index >= 15 is 0 Å². The lowest BCUT2D eigenvalue weighted by Gasteiger charge is -2.25. The van der Waals surface area contributed by atoms with Crippen molar-refractivity contribution in [2.45, 2.75) is 46.5 Å². The van der Waals surface area contributed by atoms with Gasteiger partial charge in [-0.2, -0.15) is 0 Å². The van der Waals surface area contributed by atoms with Crippen molar-refractivity contribution in [3.63, 3.8) is 0 Å². The standard InChI is InChI=1S/C16H24/c1-5-6-12-16(3,4)13-14(2)15-10-8-7-9-11-15/h7-11H,2,5-6,12-13H2,1,3-4H3. The summed E-state index contributed by atoms with van der Waals surface area (Å²) in [6, 6.07) is 10.5. The number of hydrogen-bond donors (Lipinski definition) is 0. The van der Waals surface area contributed by atoms with Crippen LogP contribution < -0.4 is 0 Å². The van der Waals surface area contributed by atoms with Crippen LogP contribution in [-0.2, 0) is 0 Å². The number of rotatable bonds is 6. The molecule has 0 aromatic heterocycles. The fourth-order valence-electron chi connectivity index (χ4n) is 2.10. The zero-order valence-corrected chi connectivity index (χ0v) is 10.9.